The van der Waals surface area contributed by atoms with E-state index in [1.807, 2.05) is 0 Å². The van der Waals surface area contributed by atoms with E-state index in [1.165, 1.54) is 6.07 Å². The van der Waals surface area contributed by atoms with E-state index in [2.05, 4.69) is 0 Å². The number of amides is 1. The van der Waals surface area contributed by atoms with Crippen LogP contribution in [0.5, 0.6) is 0 Å². The standard InChI is InChI=1S/C7H9F3N2O2/c1-6(4-11,12-5(13)14)2-3-7(8,9)10/h12H,2-3H2,1H3,(H,13,14). The van der Waals surface area contributed by atoms with E-state index in [0.29, 0.717) is 0 Å². The first-order chi connectivity index (χ1) is 6.18. The third-order valence-corrected chi connectivity index (χ3v) is 1.54. The van der Waals surface area contributed by atoms with Crippen molar-refractivity contribution in [3.63, 3.8) is 0 Å². The third-order valence-electron chi connectivity index (χ3n) is 1.54. The lowest BCUT2D eigenvalue weighted by Gasteiger charge is -2.21. The zero-order valence-electron chi connectivity index (χ0n) is 7.35. The molecule has 0 bridgehead atoms. The number of carboxylic acid groups (broad SMARTS) is 1. The molecule has 1 amide bonds. The van der Waals surface area contributed by atoms with Gasteiger partial charge < -0.3 is 10.4 Å². The van der Waals surface area contributed by atoms with Crippen LogP contribution in [0.2, 0.25) is 0 Å². The van der Waals surface area contributed by atoms with Crippen molar-refractivity contribution in [1.29, 1.82) is 5.26 Å². The van der Waals surface area contributed by atoms with Crippen LogP contribution in [-0.4, -0.2) is 22.9 Å². The second kappa shape index (κ2) is 4.17. The predicted octanol–water partition coefficient (Wildman–Crippen LogP) is 1.88. The maximum atomic E-state index is 11.8. The predicted molar refractivity (Wildman–Crippen MR) is 40.5 cm³/mol. The van der Waals surface area contributed by atoms with Gasteiger partial charge in [0.2, 0.25) is 0 Å². The molecule has 2 N–H and O–H groups in total. The average molecular weight is 210 g/mol. The van der Waals surface area contributed by atoms with Gasteiger partial charge >= 0.3 is 12.3 Å². The minimum absolute atomic E-state index is 0.598. The second-order valence-electron chi connectivity index (χ2n) is 2.99. The van der Waals surface area contributed by atoms with Crippen LogP contribution < -0.4 is 5.32 Å². The number of alkyl halides is 3. The number of carbonyl (C=O) groups is 1. The van der Waals surface area contributed by atoms with E-state index in [9.17, 15) is 18.0 Å². The first-order valence-corrected chi connectivity index (χ1v) is 3.68. The fourth-order valence-electron chi connectivity index (χ4n) is 0.774. The molecule has 0 heterocycles. The van der Waals surface area contributed by atoms with Crippen LogP contribution >= 0.6 is 0 Å². The highest BCUT2D eigenvalue weighted by molar-refractivity contribution is 5.66. The van der Waals surface area contributed by atoms with Crippen molar-refractivity contribution in [3.05, 3.63) is 0 Å². The van der Waals surface area contributed by atoms with Gasteiger partial charge in [-0.1, -0.05) is 0 Å². The van der Waals surface area contributed by atoms with Gasteiger partial charge in [0.1, 0.15) is 5.54 Å². The van der Waals surface area contributed by atoms with Crippen LogP contribution in [0.4, 0.5) is 18.0 Å². The molecule has 0 spiro atoms. The van der Waals surface area contributed by atoms with Gasteiger partial charge in [-0.2, -0.15) is 18.4 Å². The number of nitrogens with one attached hydrogen (secondary N) is 1. The quantitative estimate of drug-likeness (QED) is 0.746. The van der Waals surface area contributed by atoms with Gasteiger partial charge in [-0.3, -0.25) is 0 Å². The summed E-state index contributed by atoms with van der Waals surface area (Å²) in [4.78, 5) is 10.2. The monoisotopic (exact) mass is 210 g/mol. The maximum Gasteiger partial charge on any atom is 0.405 e. The minimum atomic E-state index is -4.39. The van der Waals surface area contributed by atoms with Gasteiger partial charge in [0, 0.05) is 6.42 Å². The summed E-state index contributed by atoms with van der Waals surface area (Å²) < 4.78 is 35.3. The number of rotatable bonds is 3. The molecule has 80 valence electrons. The Kier molecular flexibility index (Phi) is 3.74. The van der Waals surface area contributed by atoms with E-state index < -0.39 is 30.7 Å². The maximum absolute atomic E-state index is 11.8. The summed E-state index contributed by atoms with van der Waals surface area (Å²) in [5.41, 5.74) is -1.69. The SMILES string of the molecule is CC(C#N)(CCC(F)(F)F)NC(=O)O. The third kappa shape index (κ3) is 5.24. The Bertz CT molecular complexity index is 259. The Morgan fingerprint density at radius 2 is 2.00 bits per heavy atom. The summed E-state index contributed by atoms with van der Waals surface area (Å²) in [5, 5.41) is 18.5. The molecule has 0 rings (SSSR count). The fourth-order valence-corrected chi connectivity index (χ4v) is 0.774. The second-order valence-corrected chi connectivity index (χ2v) is 2.99. The fraction of sp³-hybridized carbons (Fsp3) is 0.714. The highest BCUT2D eigenvalue weighted by Crippen LogP contribution is 2.25. The Morgan fingerprint density at radius 1 is 1.50 bits per heavy atom. The smallest absolute Gasteiger partial charge is 0.405 e. The molecule has 0 fully saturated rings. The van der Waals surface area contributed by atoms with E-state index in [1.54, 1.807) is 5.32 Å². The molecule has 0 aliphatic carbocycles. The molecule has 1 unspecified atom stereocenters. The first kappa shape index (κ1) is 12.6. The topological polar surface area (TPSA) is 73.1 Å². The lowest BCUT2D eigenvalue weighted by Crippen LogP contribution is -2.44. The van der Waals surface area contributed by atoms with Crippen LogP contribution in [0.3, 0.4) is 0 Å². The van der Waals surface area contributed by atoms with Gasteiger partial charge in [-0.05, 0) is 13.3 Å². The lowest BCUT2D eigenvalue weighted by molar-refractivity contribution is -0.137. The minimum Gasteiger partial charge on any atom is -0.465 e. The molecule has 0 saturated carbocycles. The van der Waals surface area contributed by atoms with Gasteiger partial charge in [0.15, 0.2) is 0 Å². The van der Waals surface area contributed by atoms with E-state index in [4.69, 9.17) is 10.4 Å². The van der Waals surface area contributed by atoms with Gasteiger partial charge in [-0.25, -0.2) is 4.79 Å². The number of hydrogen-bond donors (Lipinski definition) is 2. The molecule has 0 radical (unpaired) electrons. The molecule has 14 heavy (non-hydrogen) atoms. The van der Waals surface area contributed by atoms with Crippen molar-refractivity contribution < 1.29 is 23.1 Å². The zero-order valence-corrected chi connectivity index (χ0v) is 7.35. The Labute approximate surface area is 78.3 Å². The molecule has 7 heteroatoms. The highest BCUT2D eigenvalue weighted by atomic mass is 19.4. The largest absolute Gasteiger partial charge is 0.465 e. The molecule has 0 aromatic rings. The Hall–Kier alpha value is -1.45. The molecule has 0 saturated heterocycles. The zero-order chi connectivity index (χ0) is 11.4. The van der Waals surface area contributed by atoms with Crippen molar-refractivity contribution >= 4 is 6.09 Å². The van der Waals surface area contributed by atoms with Crippen LogP contribution in [0.15, 0.2) is 0 Å². The van der Waals surface area contributed by atoms with E-state index >= 15 is 0 Å². The number of nitrogens with zero attached hydrogens (tertiary/aromatic N) is 1. The molecular formula is C7H9F3N2O2. The molecular weight excluding hydrogens is 201 g/mol. The van der Waals surface area contributed by atoms with Crippen molar-refractivity contribution in [3.8, 4) is 6.07 Å². The summed E-state index contributed by atoms with van der Waals surface area (Å²) in [6.07, 6.45) is -7.70. The summed E-state index contributed by atoms with van der Waals surface area (Å²) >= 11 is 0. The van der Waals surface area contributed by atoms with Gasteiger partial charge in [0.05, 0.1) is 6.07 Å². The summed E-state index contributed by atoms with van der Waals surface area (Å²) in [5.74, 6) is 0. The molecule has 0 aliphatic rings. The van der Waals surface area contributed by atoms with Gasteiger partial charge in [-0.15, -0.1) is 0 Å². The van der Waals surface area contributed by atoms with Crippen LogP contribution in [0.1, 0.15) is 19.8 Å². The average Bonchev–Trinajstić information content (AvgIpc) is 1.99. The normalized spacial score (nSPS) is 15.4. The van der Waals surface area contributed by atoms with E-state index in [0.717, 1.165) is 6.92 Å². The van der Waals surface area contributed by atoms with Crippen molar-refractivity contribution in [2.24, 2.45) is 0 Å². The van der Waals surface area contributed by atoms with Crippen LogP contribution in [0.25, 0.3) is 0 Å². The molecule has 0 aromatic carbocycles. The van der Waals surface area contributed by atoms with Crippen molar-refractivity contribution in [1.82, 2.24) is 5.32 Å². The van der Waals surface area contributed by atoms with Crippen LogP contribution in [0, 0.1) is 11.3 Å². The van der Waals surface area contributed by atoms with E-state index in [-0.39, 0.29) is 0 Å². The molecule has 0 aromatic heterocycles. The summed E-state index contributed by atoms with van der Waals surface area (Å²) in [7, 11) is 0. The number of hydrogen-bond acceptors (Lipinski definition) is 2. The Balaban J connectivity index is 4.29. The van der Waals surface area contributed by atoms with Crippen molar-refractivity contribution in [2.45, 2.75) is 31.5 Å². The molecule has 1 atom stereocenters. The highest BCUT2D eigenvalue weighted by Gasteiger charge is 2.34. The summed E-state index contributed by atoms with van der Waals surface area (Å²) in [6, 6.07) is 1.49. The Morgan fingerprint density at radius 3 is 2.29 bits per heavy atom. The van der Waals surface area contributed by atoms with Crippen molar-refractivity contribution in [2.75, 3.05) is 0 Å². The first-order valence-electron chi connectivity index (χ1n) is 3.68. The van der Waals surface area contributed by atoms with Gasteiger partial charge in [0.25, 0.3) is 0 Å². The summed E-state index contributed by atoms with van der Waals surface area (Å²) in [6.45, 7) is 1.10. The van der Waals surface area contributed by atoms with Crippen LogP contribution in [-0.2, 0) is 0 Å². The number of nitriles is 1. The molecule has 4 nitrogen and oxygen atoms in total. The number of halogens is 3. The molecule has 0 aliphatic heterocycles. The lowest BCUT2D eigenvalue weighted by atomic mass is 9.98.